The lowest BCUT2D eigenvalue weighted by molar-refractivity contribution is 0.332. The van der Waals surface area contributed by atoms with E-state index in [0.29, 0.717) is 13.2 Å². The first-order chi connectivity index (χ1) is 10.9. The van der Waals surface area contributed by atoms with Crippen LogP contribution in [-0.2, 0) is 0 Å². The van der Waals surface area contributed by atoms with Crippen LogP contribution >= 0.6 is 0 Å². The van der Waals surface area contributed by atoms with Crippen molar-refractivity contribution in [3.8, 4) is 5.75 Å². The number of hydrogen-bond donors (Lipinski definition) is 2. The van der Waals surface area contributed by atoms with Crippen LogP contribution in [0.3, 0.4) is 0 Å². The van der Waals surface area contributed by atoms with E-state index < -0.39 is 0 Å². The molecule has 2 N–H and O–H groups in total. The number of ether oxygens (including phenoxy) is 1. The van der Waals surface area contributed by atoms with E-state index >= 15 is 0 Å². The fourth-order valence-corrected chi connectivity index (χ4v) is 2.42. The second-order valence-electron chi connectivity index (χ2n) is 5.05. The Morgan fingerprint density at radius 3 is 2.68 bits per heavy atom. The van der Waals surface area contributed by atoms with Gasteiger partial charge in [0.25, 0.3) is 0 Å². The molecule has 0 saturated carbocycles. The van der Waals surface area contributed by atoms with Crippen LogP contribution in [0.5, 0.6) is 5.75 Å². The van der Waals surface area contributed by atoms with Crippen molar-refractivity contribution < 1.29 is 4.74 Å². The molecule has 1 saturated heterocycles. The first kappa shape index (κ1) is 14.6. The maximum absolute atomic E-state index is 5.68. The number of hydrogen-bond acceptors (Lipinski definition) is 6. The highest BCUT2D eigenvalue weighted by atomic mass is 16.5. The minimum atomic E-state index is 0.585. The highest BCUT2D eigenvalue weighted by Gasteiger charge is 2.15. The SMILES string of the molecule is c1ccc(OCCNc2nccnc2N2CCNCC2)cc1. The lowest BCUT2D eigenvalue weighted by Gasteiger charge is -2.29. The summed E-state index contributed by atoms with van der Waals surface area (Å²) in [5.41, 5.74) is 0. The molecule has 1 fully saturated rings. The van der Waals surface area contributed by atoms with Gasteiger partial charge in [-0.25, -0.2) is 9.97 Å². The molecule has 3 rings (SSSR count). The summed E-state index contributed by atoms with van der Waals surface area (Å²) in [4.78, 5) is 11.1. The molecule has 0 unspecified atom stereocenters. The Morgan fingerprint density at radius 2 is 1.86 bits per heavy atom. The molecule has 1 aromatic carbocycles. The van der Waals surface area contributed by atoms with Gasteiger partial charge in [-0.15, -0.1) is 0 Å². The van der Waals surface area contributed by atoms with Crippen molar-refractivity contribution in [2.45, 2.75) is 0 Å². The summed E-state index contributed by atoms with van der Waals surface area (Å²) < 4.78 is 5.68. The van der Waals surface area contributed by atoms with Gasteiger partial charge < -0.3 is 20.3 Å². The molecular formula is C16H21N5O. The largest absolute Gasteiger partial charge is 0.492 e. The summed E-state index contributed by atoms with van der Waals surface area (Å²) in [6, 6.07) is 9.81. The maximum atomic E-state index is 5.68. The fraction of sp³-hybridized carbons (Fsp3) is 0.375. The lowest BCUT2D eigenvalue weighted by Crippen LogP contribution is -2.44. The van der Waals surface area contributed by atoms with Crippen molar-refractivity contribution >= 4 is 11.6 Å². The molecule has 1 aliphatic rings. The quantitative estimate of drug-likeness (QED) is 0.786. The third-order valence-electron chi connectivity index (χ3n) is 3.50. The van der Waals surface area contributed by atoms with E-state index in [0.717, 1.165) is 43.6 Å². The molecule has 0 bridgehead atoms. The molecule has 1 aromatic heterocycles. The van der Waals surface area contributed by atoms with Gasteiger partial charge in [0.05, 0.1) is 6.54 Å². The summed E-state index contributed by atoms with van der Waals surface area (Å²) in [5, 5.41) is 6.66. The summed E-state index contributed by atoms with van der Waals surface area (Å²) in [5.74, 6) is 2.62. The van der Waals surface area contributed by atoms with Crippen LogP contribution in [-0.4, -0.2) is 49.3 Å². The smallest absolute Gasteiger partial charge is 0.171 e. The summed E-state index contributed by atoms with van der Waals surface area (Å²) in [7, 11) is 0. The highest BCUT2D eigenvalue weighted by Crippen LogP contribution is 2.20. The Morgan fingerprint density at radius 1 is 1.09 bits per heavy atom. The van der Waals surface area contributed by atoms with Gasteiger partial charge in [-0.3, -0.25) is 0 Å². The fourth-order valence-electron chi connectivity index (χ4n) is 2.42. The molecule has 22 heavy (non-hydrogen) atoms. The first-order valence-electron chi connectivity index (χ1n) is 7.62. The molecule has 0 amide bonds. The summed E-state index contributed by atoms with van der Waals surface area (Å²) >= 11 is 0. The normalized spacial score (nSPS) is 14.6. The number of anilines is 2. The zero-order valence-electron chi connectivity index (χ0n) is 12.5. The van der Waals surface area contributed by atoms with Gasteiger partial charge in [-0.05, 0) is 12.1 Å². The van der Waals surface area contributed by atoms with Crippen molar-refractivity contribution in [3.05, 3.63) is 42.7 Å². The third-order valence-corrected chi connectivity index (χ3v) is 3.50. The molecule has 6 heteroatoms. The number of rotatable bonds is 6. The van der Waals surface area contributed by atoms with Crippen LogP contribution in [0.4, 0.5) is 11.6 Å². The molecular weight excluding hydrogens is 278 g/mol. The van der Waals surface area contributed by atoms with E-state index in [2.05, 4.69) is 25.5 Å². The van der Waals surface area contributed by atoms with Crippen LogP contribution < -0.4 is 20.3 Å². The maximum Gasteiger partial charge on any atom is 0.171 e. The van der Waals surface area contributed by atoms with Crippen LogP contribution in [0.25, 0.3) is 0 Å². The summed E-state index contributed by atoms with van der Waals surface area (Å²) in [6.45, 7) is 5.14. The Labute approximate surface area is 130 Å². The van der Waals surface area contributed by atoms with Crippen LogP contribution in [0.1, 0.15) is 0 Å². The van der Waals surface area contributed by atoms with Gasteiger partial charge >= 0.3 is 0 Å². The van der Waals surface area contributed by atoms with Crippen molar-refractivity contribution in [1.82, 2.24) is 15.3 Å². The Hall–Kier alpha value is -2.34. The molecule has 2 aromatic rings. The van der Waals surface area contributed by atoms with Gasteiger partial charge in [0.2, 0.25) is 0 Å². The Balaban J connectivity index is 1.53. The van der Waals surface area contributed by atoms with Gasteiger partial charge in [0, 0.05) is 38.6 Å². The van der Waals surface area contributed by atoms with Crippen molar-refractivity contribution in [3.63, 3.8) is 0 Å². The minimum absolute atomic E-state index is 0.585. The first-order valence-corrected chi connectivity index (χ1v) is 7.62. The highest BCUT2D eigenvalue weighted by molar-refractivity contribution is 5.60. The van der Waals surface area contributed by atoms with E-state index in [1.54, 1.807) is 12.4 Å². The standard InChI is InChI=1S/C16H21N5O/c1-2-4-14(5-3-1)22-13-10-19-15-16(20-7-6-18-15)21-11-8-17-9-12-21/h1-7,17H,8-13H2,(H,18,19). The molecule has 0 atom stereocenters. The summed E-state index contributed by atoms with van der Waals surface area (Å²) in [6.07, 6.45) is 3.45. The number of nitrogens with zero attached hydrogens (tertiary/aromatic N) is 3. The van der Waals surface area contributed by atoms with Gasteiger partial charge in [-0.2, -0.15) is 0 Å². The topological polar surface area (TPSA) is 62.3 Å². The molecule has 0 spiro atoms. The van der Waals surface area contributed by atoms with Crippen molar-refractivity contribution in [1.29, 1.82) is 0 Å². The average Bonchev–Trinajstić information content (AvgIpc) is 2.61. The van der Waals surface area contributed by atoms with E-state index in [1.165, 1.54) is 0 Å². The molecule has 6 nitrogen and oxygen atoms in total. The monoisotopic (exact) mass is 299 g/mol. The third kappa shape index (κ3) is 3.85. The lowest BCUT2D eigenvalue weighted by atomic mass is 10.3. The van der Waals surface area contributed by atoms with E-state index in [1.807, 2.05) is 30.3 Å². The zero-order valence-corrected chi connectivity index (χ0v) is 12.5. The second-order valence-corrected chi connectivity index (χ2v) is 5.05. The molecule has 116 valence electrons. The van der Waals surface area contributed by atoms with Crippen LogP contribution in [0, 0.1) is 0 Å². The number of benzene rings is 1. The molecule has 0 aliphatic carbocycles. The molecule has 0 radical (unpaired) electrons. The predicted molar refractivity (Wildman–Crippen MR) is 87.5 cm³/mol. The van der Waals surface area contributed by atoms with Gasteiger partial charge in [-0.1, -0.05) is 18.2 Å². The van der Waals surface area contributed by atoms with E-state index in [9.17, 15) is 0 Å². The van der Waals surface area contributed by atoms with Crippen molar-refractivity contribution in [2.75, 3.05) is 49.5 Å². The van der Waals surface area contributed by atoms with Crippen molar-refractivity contribution in [2.24, 2.45) is 0 Å². The number of nitrogens with one attached hydrogen (secondary N) is 2. The molecule has 1 aliphatic heterocycles. The average molecular weight is 299 g/mol. The Kier molecular flexibility index (Phi) is 5.04. The van der Waals surface area contributed by atoms with E-state index in [4.69, 9.17) is 4.74 Å². The Bertz CT molecular complexity index is 572. The zero-order chi connectivity index (χ0) is 15.0. The number of piperazine rings is 1. The molecule has 2 heterocycles. The minimum Gasteiger partial charge on any atom is -0.492 e. The van der Waals surface area contributed by atoms with Gasteiger partial charge in [0.1, 0.15) is 12.4 Å². The number of para-hydroxylation sites is 1. The number of aromatic nitrogens is 2. The second kappa shape index (κ2) is 7.61. The van der Waals surface area contributed by atoms with Crippen LogP contribution in [0.15, 0.2) is 42.7 Å². The van der Waals surface area contributed by atoms with Gasteiger partial charge in [0.15, 0.2) is 11.6 Å². The van der Waals surface area contributed by atoms with E-state index in [-0.39, 0.29) is 0 Å². The van der Waals surface area contributed by atoms with Crippen LogP contribution in [0.2, 0.25) is 0 Å². The predicted octanol–water partition coefficient (Wildman–Crippen LogP) is 1.38.